The number of benzene rings is 2. The highest BCUT2D eigenvalue weighted by Crippen LogP contribution is 2.31. The van der Waals surface area contributed by atoms with Crippen LogP contribution in [0.4, 0.5) is 0 Å². The summed E-state index contributed by atoms with van der Waals surface area (Å²) in [6.45, 7) is 7.48. The largest absolute Gasteiger partial charge is 0.463 e. The topological polar surface area (TPSA) is 105 Å². The first-order valence-corrected chi connectivity index (χ1v) is 15.1. The fourth-order valence-corrected chi connectivity index (χ4v) is 5.62. The Kier molecular flexibility index (Phi) is 13.5. The molecule has 7 nitrogen and oxygen atoms in total. The molecule has 226 valence electrons. The lowest BCUT2D eigenvalue weighted by atomic mass is 9.93. The van der Waals surface area contributed by atoms with Gasteiger partial charge in [0.15, 0.2) is 0 Å². The van der Waals surface area contributed by atoms with Crippen molar-refractivity contribution in [3.63, 3.8) is 0 Å². The van der Waals surface area contributed by atoms with Gasteiger partial charge in [-0.2, -0.15) is 0 Å². The van der Waals surface area contributed by atoms with Crippen molar-refractivity contribution in [3.8, 4) is 0 Å². The Morgan fingerprint density at radius 2 is 1.52 bits per heavy atom. The first kappa shape index (κ1) is 32.8. The van der Waals surface area contributed by atoms with Gasteiger partial charge in [-0.05, 0) is 56.1 Å². The van der Waals surface area contributed by atoms with Gasteiger partial charge in [0.1, 0.15) is 6.61 Å². The average Bonchev–Trinajstić information content (AvgIpc) is 3.46. The second-order valence-electron chi connectivity index (χ2n) is 11.4. The molecule has 1 fully saturated rings. The maximum Gasteiger partial charge on any atom is 0.309 e. The van der Waals surface area contributed by atoms with E-state index in [0.29, 0.717) is 44.9 Å². The number of hydrogen-bond acceptors (Lipinski definition) is 5. The minimum atomic E-state index is -0.653. The van der Waals surface area contributed by atoms with Gasteiger partial charge in [0.05, 0.1) is 30.0 Å². The standard InChI is InChI=1S/C35H46N2O5/c1-3-5-19-30(22-27-15-8-6-9-16-27)34(41)42-26-35(20-12-13-21-35)37-33(40)29(14-4-2)24-32(39)36-31(25-38)23-28-17-10-7-11-18-28/h3-4,6-11,15-18,29-31,38H,1-2,5,12-14,19-26H2,(H,36,39)(H,37,40). The second-order valence-corrected chi connectivity index (χ2v) is 11.4. The molecule has 42 heavy (non-hydrogen) atoms. The quantitative estimate of drug-likeness (QED) is 0.170. The summed E-state index contributed by atoms with van der Waals surface area (Å²) >= 11 is 0. The van der Waals surface area contributed by atoms with E-state index in [-0.39, 0.29) is 43.3 Å². The molecule has 3 N–H and O–H groups in total. The van der Waals surface area contributed by atoms with Crippen molar-refractivity contribution >= 4 is 17.8 Å². The van der Waals surface area contributed by atoms with Gasteiger partial charge in [-0.3, -0.25) is 14.4 Å². The zero-order valence-electron chi connectivity index (χ0n) is 24.6. The Morgan fingerprint density at radius 1 is 0.905 bits per heavy atom. The minimum absolute atomic E-state index is 0.0281. The number of amides is 2. The van der Waals surface area contributed by atoms with Crippen LogP contribution in [0.2, 0.25) is 0 Å². The number of ether oxygens (including phenoxy) is 1. The average molecular weight is 575 g/mol. The molecule has 2 aromatic carbocycles. The van der Waals surface area contributed by atoms with E-state index >= 15 is 0 Å². The van der Waals surface area contributed by atoms with E-state index in [1.807, 2.05) is 66.7 Å². The molecule has 3 atom stereocenters. The summed E-state index contributed by atoms with van der Waals surface area (Å²) in [6.07, 6.45) is 9.45. The van der Waals surface area contributed by atoms with Gasteiger partial charge in [0.25, 0.3) is 0 Å². The lowest BCUT2D eigenvalue weighted by Crippen LogP contribution is -2.53. The number of esters is 1. The third-order valence-electron chi connectivity index (χ3n) is 7.98. The maximum absolute atomic E-state index is 13.5. The summed E-state index contributed by atoms with van der Waals surface area (Å²) in [5.41, 5.74) is 1.43. The Bertz CT molecular complexity index is 1140. The van der Waals surface area contributed by atoms with Crippen molar-refractivity contribution in [3.05, 3.63) is 97.1 Å². The van der Waals surface area contributed by atoms with Crippen molar-refractivity contribution in [2.24, 2.45) is 11.8 Å². The lowest BCUT2D eigenvalue weighted by molar-refractivity contribution is -0.152. The molecule has 0 bridgehead atoms. The SMILES string of the molecule is C=CCCC(Cc1ccccc1)C(=O)OCC1(NC(=O)C(CC=C)CC(=O)NC(CO)Cc2ccccc2)CCCC1. The van der Waals surface area contributed by atoms with Gasteiger partial charge >= 0.3 is 5.97 Å². The molecule has 3 unspecified atom stereocenters. The van der Waals surface area contributed by atoms with Gasteiger partial charge < -0.3 is 20.5 Å². The number of carbonyl (C=O) groups excluding carboxylic acids is 3. The van der Waals surface area contributed by atoms with Crippen molar-refractivity contribution in [1.29, 1.82) is 0 Å². The van der Waals surface area contributed by atoms with Gasteiger partial charge in [-0.1, -0.05) is 85.7 Å². The highest BCUT2D eigenvalue weighted by Gasteiger charge is 2.39. The maximum atomic E-state index is 13.5. The molecule has 3 rings (SSSR count). The van der Waals surface area contributed by atoms with Crippen LogP contribution in [0.1, 0.15) is 62.5 Å². The fraction of sp³-hybridized carbons (Fsp3) is 0.457. The smallest absolute Gasteiger partial charge is 0.309 e. The summed E-state index contributed by atoms with van der Waals surface area (Å²) in [4.78, 5) is 39.6. The first-order chi connectivity index (χ1) is 20.4. The van der Waals surface area contributed by atoms with Gasteiger partial charge in [-0.15, -0.1) is 13.2 Å². The van der Waals surface area contributed by atoms with Crippen LogP contribution in [-0.4, -0.2) is 47.7 Å². The molecule has 1 aliphatic carbocycles. The Labute approximate surface area is 250 Å². The molecule has 0 heterocycles. The van der Waals surface area contributed by atoms with E-state index in [0.717, 1.165) is 24.0 Å². The molecule has 0 aromatic heterocycles. The lowest BCUT2D eigenvalue weighted by Gasteiger charge is -2.32. The number of rotatable bonds is 18. The molecule has 0 saturated heterocycles. The molecule has 2 amide bonds. The molecular weight excluding hydrogens is 528 g/mol. The summed E-state index contributed by atoms with van der Waals surface area (Å²) in [7, 11) is 0. The van der Waals surface area contributed by atoms with E-state index in [9.17, 15) is 19.5 Å². The van der Waals surface area contributed by atoms with E-state index in [1.54, 1.807) is 6.08 Å². The Balaban J connectivity index is 1.60. The van der Waals surface area contributed by atoms with Crippen LogP contribution in [0, 0.1) is 11.8 Å². The zero-order valence-corrected chi connectivity index (χ0v) is 24.6. The zero-order chi connectivity index (χ0) is 30.2. The Hall–Kier alpha value is -3.71. The van der Waals surface area contributed by atoms with Crippen LogP contribution in [0.5, 0.6) is 0 Å². The highest BCUT2D eigenvalue weighted by molar-refractivity contribution is 5.86. The number of aliphatic hydroxyl groups is 1. The van der Waals surface area contributed by atoms with Gasteiger partial charge in [-0.25, -0.2) is 0 Å². The van der Waals surface area contributed by atoms with E-state index < -0.39 is 17.5 Å². The number of hydrogen-bond donors (Lipinski definition) is 3. The predicted molar refractivity (Wildman–Crippen MR) is 165 cm³/mol. The van der Waals surface area contributed by atoms with E-state index in [2.05, 4.69) is 23.8 Å². The van der Waals surface area contributed by atoms with Crippen molar-refractivity contribution in [1.82, 2.24) is 10.6 Å². The van der Waals surface area contributed by atoms with Crippen LogP contribution in [0.3, 0.4) is 0 Å². The fourth-order valence-electron chi connectivity index (χ4n) is 5.62. The molecule has 7 heteroatoms. The van der Waals surface area contributed by atoms with Crippen LogP contribution in [-0.2, 0) is 32.0 Å². The molecule has 0 aliphatic heterocycles. The second kappa shape index (κ2) is 17.3. The molecular formula is C35H46N2O5. The summed E-state index contributed by atoms with van der Waals surface area (Å²) in [6, 6.07) is 19.1. The van der Waals surface area contributed by atoms with Gasteiger partial charge in [0, 0.05) is 6.42 Å². The molecule has 1 aliphatic rings. The molecule has 1 saturated carbocycles. The highest BCUT2D eigenvalue weighted by atomic mass is 16.5. The normalized spacial score (nSPS) is 16.0. The number of allylic oxidation sites excluding steroid dienone is 2. The number of carbonyl (C=O) groups is 3. The van der Waals surface area contributed by atoms with Crippen LogP contribution >= 0.6 is 0 Å². The summed E-state index contributed by atoms with van der Waals surface area (Å²) < 4.78 is 5.89. The van der Waals surface area contributed by atoms with Crippen molar-refractivity contribution < 1.29 is 24.2 Å². The molecule has 0 radical (unpaired) electrons. The van der Waals surface area contributed by atoms with Crippen LogP contribution < -0.4 is 10.6 Å². The van der Waals surface area contributed by atoms with E-state index in [4.69, 9.17) is 4.74 Å². The monoisotopic (exact) mass is 574 g/mol. The number of nitrogens with one attached hydrogen (secondary N) is 2. The van der Waals surface area contributed by atoms with Crippen molar-refractivity contribution in [2.75, 3.05) is 13.2 Å². The minimum Gasteiger partial charge on any atom is -0.463 e. The van der Waals surface area contributed by atoms with Gasteiger partial charge in [0.2, 0.25) is 11.8 Å². The van der Waals surface area contributed by atoms with Crippen molar-refractivity contribution in [2.45, 2.75) is 75.8 Å². The van der Waals surface area contributed by atoms with E-state index in [1.165, 1.54) is 0 Å². The van der Waals surface area contributed by atoms with Crippen LogP contribution in [0.25, 0.3) is 0 Å². The third kappa shape index (κ3) is 10.6. The predicted octanol–water partition coefficient (Wildman–Crippen LogP) is 5.09. The third-order valence-corrected chi connectivity index (χ3v) is 7.98. The molecule has 2 aromatic rings. The molecule has 0 spiro atoms. The summed E-state index contributed by atoms with van der Waals surface area (Å²) in [5, 5.41) is 15.9. The van der Waals surface area contributed by atoms with Crippen LogP contribution in [0.15, 0.2) is 86.0 Å². The first-order valence-electron chi connectivity index (χ1n) is 15.1. The summed E-state index contributed by atoms with van der Waals surface area (Å²) in [5.74, 6) is -1.74. The Morgan fingerprint density at radius 3 is 2.10 bits per heavy atom. The number of aliphatic hydroxyl groups excluding tert-OH is 1.